The number of halogens is 2. The van der Waals surface area contributed by atoms with E-state index >= 15 is 0 Å². The second-order valence-corrected chi connectivity index (χ2v) is 7.12. The average Bonchev–Trinajstić information content (AvgIpc) is 2.78. The summed E-state index contributed by atoms with van der Waals surface area (Å²) in [6.45, 7) is 6.89. The maximum atomic E-state index is 13.9. The third-order valence-electron chi connectivity index (χ3n) is 2.42. The monoisotopic (exact) mass is 343 g/mol. The highest BCUT2D eigenvalue weighted by Crippen LogP contribution is 2.29. The van der Waals surface area contributed by atoms with Crippen molar-refractivity contribution in [1.29, 1.82) is 0 Å². The quantitative estimate of drug-likeness (QED) is 0.915. The van der Waals surface area contributed by atoms with Gasteiger partial charge >= 0.3 is 0 Å². The largest absolute Gasteiger partial charge is 0.306 e. The number of nitrogens with one attached hydrogen (secondary N) is 1. The van der Waals surface area contributed by atoms with Crippen molar-refractivity contribution in [2.75, 3.05) is 0 Å². The Morgan fingerprint density at radius 3 is 2.74 bits per heavy atom. The van der Waals surface area contributed by atoms with E-state index in [1.54, 1.807) is 18.2 Å². The Labute approximate surface area is 124 Å². The second-order valence-electron chi connectivity index (χ2n) is 5.21. The smallest absolute Gasteiger partial charge is 0.150 e. The normalized spacial score (nSPS) is 11.8. The van der Waals surface area contributed by atoms with E-state index < -0.39 is 0 Å². The summed E-state index contributed by atoms with van der Waals surface area (Å²) in [5.74, 6) is -0.297. The first-order valence-corrected chi connectivity index (χ1v) is 7.49. The van der Waals surface area contributed by atoms with Crippen molar-refractivity contribution in [2.45, 2.75) is 32.9 Å². The molecule has 1 heterocycles. The molecule has 0 atom stereocenters. The van der Waals surface area contributed by atoms with Crippen molar-refractivity contribution in [2.24, 2.45) is 0 Å². The molecule has 2 aromatic rings. The van der Waals surface area contributed by atoms with Crippen LogP contribution in [-0.2, 0) is 6.54 Å². The molecule has 1 aromatic carbocycles. The molecule has 0 aliphatic rings. The van der Waals surface area contributed by atoms with E-state index in [1.807, 2.05) is 0 Å². The molecule has 2 rings (SSSR count). The van der Waals surface area contributed by atoms with E-state index in [1.165, 1.54) is 11.3 Å². The van der Waals surface area contributed by atoms with Gasteiger partial charge in [0, 0.05) is 11.1 Å². The maximum Gasteiger partial charge on any atom is 0.150 e. The molecule has 0 spiro atoms. The fourth-order valence-corrected chi connectivity index (χ4v) is 2.61. The van der Waals surface area contributed by atoms with E-state index in [0.29, 0.717) is 21.6 Å². The minimum Gasteiger partial charge on any atom is -0.306 e. The first-order valence-electron chi connectivity index (χ1n) is 5.88. The first-order chi connectivity index (χ1) is 8.87. The van der Waals surface area contributed by atoms with Gasteiger partial charge in [0.1, 0.15) is 10.8 Å². The van der Waals surface area contributed by atoms with E-state index in [-0.39, 0.29) is 11.4 Å². The molecule has 0 aliphatic carbocycles. The highest BCUT2D eigenvalue weighted by atomic mass is 79.9. The van der Waals surface area contributed by atoms with Gasteiger partial charge in [-0.1, -0.05) is 17.4 Å². The van der Waals surface area contributed by atoms with Crippen molar-refractivity contribution in [3.63, 3.8) is 0 Å². The van der Waals surface area contributed by atoms with Gasteiger partial charge < -0.3 is 5.32 Å². The summed E-state index contributed by atoms with van der Waals surface area (Å²) in [5.41, 5.74) is 0.501. The van der Waals surface area contributed by atoms with Crippen molar-refractivity contribution in [3.8, 4) is 10.6 Å². The van der Waals surface area contributed by atoms with Gasteiger partial charge in [0.25, 0.3) is 0 Å². The van der Waals surface area contributed by atoms with Crippen LogP contribution in [0.1, 0.15) is 25.8 Å². The molecule has 0 aliphatic heterocycles. The van der Waals surface area contributed by atoms with E-state index in [0.717, 1.165) is 5.01 Å². The molecule has 1 N–H and O–H groups in total. The van der Waals surface area contributed by atoms with Crippen LogP contribution in [0, 0.1) is 5.82 Å². The standard InChI is InChI=1S/C13H15BrFN3S/c1-13(2,3)16-7-10-17-18-12(19-10)8-5-4-6-9(14)11(8)15/h4-6,16H,7H2,1-3H3. The molecule has 1 aromatic heterocycles. The van der Waals surface area contributed by atoms with Gasteiger partial charge in [-0.15, -0.1) is 10.2 Å². The summed E-state index contributed by atoms with van der Waals surface area (Å²) >= 11 is 4.58. The summed E-state index contributed by atoms with van der Waals surface area (Å²) in [5, 5.41) is 12.9. The third kappa shape index (κ3) is 3.81. The lowest BCUT2D eigenvalue weighted by Gasteiger charge is -2.19. The zero-order valence-electron chi connectivity index (χ0n) is 11.0. The van der Waals surface area contributed by atoms with E-state index in [9.17, 15) is 4.39 Å². The number of hydrogen-bond acceptors (Lipinski definition) is 4. The highest BCUT2D eigenvalue weighted by Gasteiger charge is 2.15. The third-order valence-corrected chi connectivity index (χ3v) is 3.99. The van der Waals surface area contributed by atoms with Gasteiger partial charge in [-0.2, -0.15) is 0 Å². The molecular weight excluding hydrogens is 329 g/mol. The Morgan fingerprint density at radius 1 is 1.32 bits per heavy atom. The Morgan fingerprint density at radius 2 is 2.05 bits per heavy atom. The average molecular weight is 344 g/mol. The van der Waals surface area contributed by atoms with Crippen LogP contribution in [0.2, 0.25) is 0 Å². The lowest BCUT2D eigenvalue weighted by Crippen LogP contribution is -2.35. The van der Waals surface area contributed by atoms with Crippen LogP contribution in [0.4, 0.5) is 4.39 Å². The summed E-state index contributed by atoms with van der Waals surface area (Å²) in [4.78, 5) is 0. The molecule has 19 heavy (non-hydrogen) atoms. The van der Waals surface area contributed by atoms with Crippen molar-refractivity contribution < 1.29 is 4.39 Å². The van der Waals surface area contributed by atoms with Crippen LogP contribution < -0.4 is 5.32 Å². The second kappa shape index (κ2) is 5.64. The molecule has 102 valence electrons. The van der Waals surface area contributed by atoms with Gasteiger partial charge in [-0.3, -0.25) is 0 Å². The molecular formula is C13H15BrFN3S. The Kier molecular flexibility index (Phi) is 4.32. The zero-order valence-corrected chi connectivity index (χ0v) is 13.4. The molecule has 0 saturated carbocycles. The number of rotatable bonds is 3. The summed E-state index contributed by atoms with van der Waals surface area (Å²) in [6.07, 6.45) is 0. The highest BCUT2D eigenvalue weighted by molar-refractivity contribution is 9.10. The topological polar surface area (TPSA) is 37.8 Å². The summed E-state index contributed by atoms with van der Waals surface area (Å²) < 4.78 is 14.4. The van der Waals surface area contributed by atoms with Gasteiger partial charge in [-0.25, -0.2) is 4.39 Å². The zero-order chi connectivity index (χ0) is 14.0. The molecule has 0 saturated heterocycles. The van der Waals surface area contributed by atoms with Crippen LogP contribution in [-0.4, -0.2) is 15.7 Å². The van der Waals surface area contributed by atoms with Crippen molar-refractivity contribution in [3.05, 3.63) is 33.5 Å². The fraction of sp³-hybridized carbons (Fsp3) is 0.385. The van der Waals surface area contributed by atoms with Gasteiger partial charge in [0.2, 0.25) is 0 Å². The lowest BCUT2D eigenvalue weighted by atomic mass is 10.1. The lowest BCUT2D eigenvalue weighted by molar-refractivity contribution is 0.423. The van der Waals surface area contributed by atoms with Crippen LogP contribution in [0.15, 0.2) is 22.7 Å². The Bertz CT molecular complexity index is 578. The number of aromatic nitrogens is 2. The van der Waals surface area contributed by atoms with Gasteiger partial charge in [-0.05, 0) is 48.8 Å². The minimum absolute atomic E-state index is 0.0207. The van der Waals surface area contributed by atoms with E-state index in [4.69, 9.17) is 0 Å². The maximum absolute atomic E-state index is 13.9. The number of benzene rings is 1. The molecule has 0 amide bonds. The molecule has 0 fully saturated rings. The van der Waals surface area contributed by atoms with Crippen molar-refractivity contribution in [1.82, 2.24) is 15.5 Å². The Balaban J connectivity index is 2.19. The van der Waals surface area contributed by atoms with Gasteiger partial charge in [0.15, 0.2) is 5.01 Å². The van der Waals surface area contributed by atoms with Crippen LogP contribution in [0.25, 0.3) is 10.6 Å². The SMILES string of the molecule is CC(C)(C)NCc1nnc(-c2cccc(Br)c2F)s1. The predicted octanol–water partition coefficient (Wildman–Crippen LogP) is 3.99. The molecule has 0 radical (unpaired) electrons. The first kappa shape index (κ1) is 14.6. The number of hydrogen-bond donors (Lipinski definition) is 1. The molecule has 0 unspecified atom stereocenters. The fourth-order valence-electron chi connectivity index (χ4n) is 1.44. The summed E-state index contributed by atoms with van der Waals surface area (Å²) in [7, 11) is 0. The van der Waals surface area contributed by atoms with Crippen LogP contribution in [0.5, 0.6) is 0 Å². The Hall–Kier alpha value is -0.850. The minimum atomic E-state index is -0.297. The predicted molar refractivity (Wildman–Crippen MR) is 79.6 cm³/mol. The van der Waals surface area contributed by atoms with Crippen LogP contribution in [0.3, 0.4) is 0 Å². The molecule has 6 heteroatoms. The molecule has 0 bridgehead atoms. The summed E-state index contributed by atoms with van der Waals surface area (Å²) in [6, 6.07) is 5.17. The van der Waals surface area contributed by atoms with E-state index in [2.05, 4.69) is 52.2 Å². The van der Waals surface area contributed by atoms with Crippen LogP contribution >= 0.6 is 27.3 Å². The van der Waals surface area contributed by atoms with Gasteiger partial charge in [0.05, 0.1) is 11.0 Å². The number of nitrogens with zero attached hydrogens (tertiary/aromatic N) is 2. The van der Waals surface area contributed by atoms with Crippen molar-refractivity contribution >= 4 is 27.3 Å². The molecule has 3 nitrogen and oxygen atoms in total.